The second kappa shape index (κ2) is 14.0. The number of rotatable bonds is 5. The van der Waals surface area contributed by atoms with Crippen LogP contribution in [0.3, 0.4) is 0 Å². The minimum atomic E-state index is -0.786. The highest BCUT2D eigenvalue weighted by Gasteiger charge is 2.29. The number of piperidine rings is 1. The SMILES string of the molecule is CC(C)(C)OC(=O)N1CCC(Oc2cccc(-c3nccc(N(C(=O)OC(C)(C)C)c4ccc5c(cnn5C(=O)OC(C)(C)C)c4)n3)c2)CC1. The molecule has 0 saturated carbocycles. The standard InChI is InChI=1S/C37H46N6O7/c1-35(2,3)48-32(44)41-19-16-27(17-20-41)47-28-12-10-11-24(22-28)31-38-18-15-30(40-31)42(33(45)49-36(4,5)6)26-13-14-29-25(21-26)23-39-43(29)34(46)50-37(7,8)9/h10-15,18,21-23,27H,16-17,19-20H2,1-9H3. The van der Waals surface area contributed by atoms with Gasteiger partial charge in [0.1, 0.15) is 34.5 Å². The molecule has 13 nitrogen and oxygen atoms in total. The van der Waals surface area contributed by atoms with Crippen LogP contribution in [0.2, 0.25) is 0 Å². The molecule has 5 rings (SSSR count). The largest absolute Gasteiger partial charge is 0.490 e. The second-order valence-electron chi connectivity index (χ2n) is 15.1. The normalized spacial score (nSPS) is 14.3. The van der Waals surface area contributed by atoms with Crippen molar-refractivity contribution < 1.29 is 33.3 Å². The van der Waals surface area contributed by atoms with E-state index in [1.807, 2.05) is 45.0 Å². The van der Waals surface area contributed by atoms with Crippen molar-refractivity contribution in [2.45, 2.75) is 98.1 Å². The Hall–Kier alpha value is -5.20. The zero-order chi connectivity index (χ0) is 36.4. The van der Waals surface area contributed by atoms with Gasteiger partial charge in [0.25, 0.3) is 0 Å². The van der Waals surface area contributed by atoms with E-state index >= 15 is 0 Å². The molecule has 2 aromatic heterocycles. The molecule has 1 saturated heterocycles. The highest BCUT2D eigenvalue weighted by Crippen LogP contribution is 2.32. The van der Waals surface area contributed by atoms with E-state index in [4.69, 9.17) is 23.9 Å². The van der Waals surface area contributed by atoms with Crippen LogP contribution >= 0.6 is 0 Å². The first kappa shape index (κ1) is 36.1. The third kappa shape index (κ3) is 9.27. The van der Waals surface area contributed by atoms with E-state index in [0.29, 0.717) is 59.7 Å². The van der Waals surface area contributed by atoms with Crippen LogP contribution in [0, 0.1) is 0 Å². The molecule has 0 bridgehead atoms. The average Bonchev–Trinajstić information content (AvgIpc) is 3.43. The maximum Gasteiger partial charge on any atom is 0.435 e. The first-order valence-electron chi connectivity index (χ1n) is 16.7. The maximum absolute atomic E-state index is 13.7. The van der Waals surface area contributed by atoms with Crippen LogP contribution in [0.5, 0.6) is 5.75 Å². The summed E-state index contributed by atoms with van der Waals surface area (Å²) < 4.78 is 24.3. The molecule has 0 unspecified atom stereocenters. The summed E-state index contributed by atoms with van der Waals surface area (Å²) in [4.78, 5) is 51.3. The molecule has 1 aliphatic heterocycles. The Labute approximate surface area is 292 Å². The number of carbonyl (C=O) groups excluding carboxylic acids is 3. The third-order valence-electron chi connectivity index (χ3n) is 7.31. The molecule has 0 atom stereocenters. The first-order valence-corrected chi connectivity index (χ1v) is 16.7. The number of benzene rings is 2. The molecule has 13 heteroatoms. The fraction of sp³-hybridized carbons (Fsp3) is 0.459. The minimum Gasteiger partial charge on any atom is -0.490 e. The van der Waals surface area contributed by atoms with E-state index in [0.717, 1.165) is 0 Å². The van der Waals surface area contributed by atoms with Gasteiger partial charge in [0.15, 0.2) is 5.82 Å². The molecule has 4 aromatic rings. The first-order chi connectivity index (χ1) is 23.3. The molecule has 2 aromatic carbocycles. The number of anilines is 2. The summed E-state index contributed by atoms with van der Waals surface area (Å²) >= 11 is 0. The summed E-state index contributed by atoms with van der Waals surface area (Å²) in [5.41, 5.74) is -0.368. The van der Waals surface area contributed by atoms with Crippen molar-refractivity contribution in [2.24, 2.45) is 0 Å². The van der Waals surface area contributed by atoms with Crippen molar-refractivity contribution in [1.29, 1.82) is 0 Å². The Morgan fingerprint density at radius 1 is 0.800 bits per heavy atom. The van der Waals surface area contributed by atoms with Crippen LogP contribution in [0.25, 0.3) is 22.3 Å². The molecular formula is C37H46N6O7. The van der Waals surface area contributed by atoms with Gasteiger partial charge in [-0.25, -0.2) is 29.3 Å². The van der Waals surface area contributed by atoms with Gasteiger partial charge in [-0.1, -0.05) is 12.1 Å². The number of aromatic nitrogens is 4. The molecule has 266 valence electrons. The lowest BCUT2D eigenvalue weighted by Gasteiger charge is -2.33. The van der Waals surface area contributed by atoms with Gasteiger partial charge < -0.3 is 23.8 Å². The monoisotopic (exact) mass is 686 g/mol. The van der Waals surface area contributed by atoms with E-state index in [2.05, 4.69) is 10.1 Å². The van der Waals surface area contributed by atoms with Crippen molar-refractivity contribution in [3.63, 3.8) is 0 Å². The van der Waals surface area contributed by atoms with Crippen LogP contribution in [-0.4, -0.2) is 78.9 Å². The molecule has 0 spiro atoms. The van der Waals surface area contributed by atoms with Gasteiger partial charge in [-0.15, -0.1) is 0 Å². The maximum atomic E-state index is 13.7. The van der Waals surface area contributed by atoms with Gasteiger partial charge >= 0.3 is 18.3 Å². The fourth-order valence-electron chi connectivity index (χ4n) is 5.25. The van der Waals surface area contributed by atoms with Crippen LogP contribution in [-0.2, 0) is 14.2 Å². The zero-order valence-electron chi connectivity index (χ0n) is 30.2. The Morgan fingerprint density at radius 2 is 1.46 bits per heavy atom. The molecule has 0 N–H and O–H groups in total. The molecule has 2 amide bonds. The molecule has 50 heavy (non-hydrogen) atoms. The van der Waals surface area contributed by atoms with Crippen molar-refractivity contribution in [3.05, 3.63) is 60.9 Å². The minimum absolute atomic E-state index is 0.0755. The topological polar surface area (TPSA) is 138 Å². The summed E-state index contributed by atoms with van der Waals surface area (Å²) in [5.74, 6) is 1.30. The Balaban J connectivity index is 1.38. The van der Waals surface area contributed by atoms with Crippen LogP contribution in [0.15, 0.2) is 60.9 Å². The Kier molecular flexibility index (Phi) is 10.1. The zero-order valence-corrected chi connectivity index (χ0v) is 30.2. The third-order valence-corrected chi connectivity index (χ3v) is 7.31. The average molecular weight is 687 g/mol. The van der Waals surface area contributed by atoms with Crippen LogP contribution < -0.4 is 9.64 Å². The lowest BCUT2D eigenvalue weighted by molar-refractivity contribution is 0.0126. The molecule has 3 heterocycles. The molecule has 1 aliphatic rings. The lowest BCUT2D eigenvalue weighted by atomic mass is 10.1. The number of likely N-dealkylation sites (tertiary alicyclic amines) is 1. The number of hydrogen-bond acceptors (Lipinski definition) is 10. The van der Waals surface area contributed by atoms with Crippen molar-refractivity contribution in [2.75, 3.05) is 18.0 Å². The van der Waals surface area contributed by atoms with Gasteiger partial charge in [-0.2, -0.15) is 9.78 Å². The molecular weight excluding hydrogens is 640 g/mol. The van der Waals surface area contributed by atoms with E-state index in [1.165, 1.54) is 15.8 Å². The summed E-state index contributed by atoms with van der Waals surface area (Å²) in [6, 6.07) is 14.2. The number of amides is 2. The number of hydrogen-bond donors (Lipinski definition) is 0. The van der Waals surface area contributed by atoms with Crippen molar-refractivity contribution >= 4 is 40.7 Å². The van der Waals surface area contributed by atoms with Gasteiger partial charge in [0, 0.05) is 43.1 Å². The summed E-state index contributed by atoms with van der Waals surface area (Å²) in [6.07, 6.45) is 2.81. The van der Waals surface area contributed by atoms with Crippen LogP contribution in [0.4, 0.5) is 25.9 Å². The number of carbonyl (C=O) groups is 3. The highest BCUT2D eigenvalue weighted by atomic mass is 16.6. The lowest BCUT2D eigenvalue weighted by Crippen LogP contribution is -2.44. The molecule has 1 fully saturated rings. The molecule has 0 radical (unpaired) electrons. The quantitative estimate of drug-likeness (QED) is 0.189. The predicted molar refractivity (Wildman–Crippen MR) is 189 cm³/mol. The Bertz CT molecular complexity index is 1860. The van der Waals surface area contributed by atoms with E-state index < -0.39 is 29.0 Å². The van der Waals surface area contributed by atoms with E-state index in [-0.39, 0.29) is 18.0 Å². The van der Waals surface area contributed by atoms with Gasteiger partial charge in [0.05, 0.1) is 17.4 Å². The second-order valence-corrected chi connectivity index (χ2v) is 15.1. The smallest absolute Gasteiger partial charge is 0.435 e. The number of ether oxygens (including phenoxy) is 4. The number of nitrogens with zero attached hydrogens (tertiary/aromatic N) is 6. The fourth-order valence-corrected chi connectivity index (χ4v) is 5.25. The van der Waals surface area contributed by atoms with Gasteiger partial charge in [-0.3, -0.25) is 0 Å². The molecule has 0 aliphatic carbocycles. The predicted octanol–water partition coefficient (Wildman–Crippen LogP) is 8.13. The van der Waals surface area contributed by atoms with Crippen LogP contribution in [0.1, 0.15) is 75.2 Å². The highest BCUT2D eigenvalue weighted by molar-refractivity contribution is 5.98. The number of fused-ring (bicyclic) bond motifs is 1. The van der Waals surface area contributed by atoms with Crippen molar-refractivity contribution in [1.82, 2.24) is 24.6 Å². The van der Waals surface area contributed by atoms with Crippen molar-refractivity contribution in [3.8, 4) is 17.1 Å². The van der Waals surface area contributed by atoms with E-state index in [1.54, 1.807) is 76.9 Å². The summed E-state index contributed by atoms with van der Waals surface area (Å²) in [7, 11) is 0. The van der Waals surface area contributed by atoms with Gasteiger partial charge in [-0.05, 0) is 98.7 Å². The summed E-state index contributed by atoms with van der Waals surface area (Å²) in [5, 5.41) is 4.84. The Morgan fingerprint density at radius 3 is 2.12 bits per heavy atom. The van der Waals surface area contributed by atoms with Gasteiger partial charge in [0.2, 0.25) is 0 Å². The van der Waals surface area contributed by atoms with E-state index in [9.17, 15) is 14.4 Å². The summed E-state index contributed by atoms with van der Waals surface area (Å²) in [6.45, 7) is 17.4.